The molecule has 0 amide bonds. The van der Waals surface area contributed by atoms with Crippen molar-refractivity contribution in [3.05, 3.63) is 29.8 Å². The normalized spacial score (nSPS) is 13.7. The maximum Gasteiger partial charge on any atom is 0.192 e. The Bertz CT molecular complexity index is 448. The fourth-order valence-corrected chi connectivity index (χ4v) is 3.29. The second-order valence-corrected chi connectivity index (χ2v) is 6.34. The van der Waals surface area contributed by atoms with Crippen molar-refractivity contribution in [3.8, 4) is 0 Å². The van der Waals surface area contributed by atoms with Gasteiger partial charge in [0.25, 0.3) is 0 Å². The molecule has 0 radical (unpaired) electrons. The number of sulfone groups is 1. The molecular formula is C9H12O4S2. The molecule has 4 nitrogen and oxygen atoms in total. The van der Waals surface area contributed by atoms with E-state index in [2.05, 4.69) is 0 Å². The number of benzene rings is 1. The first kappa shape index (κ1) is 12.4. The van der Waals surface area contributed by atoms with Gasteiger partial charge in [-0.2, -0.15) is 0 Å². The minimum Gasteiger partial charge on any atom is -0.305 e. The van der Waals surface area contributed by atoms with Gasteiger partial charge in [0.15, 0.2) is 26.0 Å². The van der Waals surface area contributed by atoms with Gasteiger partial charge >= 0.3 is 0 Å². The highest BCUT2D eigenvalue weighted by atomic mass is 32.3. The van der Waals surface area contributed by atoms with E-state index in [-0.39, 0.29) is 4.90 Å². The third kappa shape index (κ3) is 3.40. The van der Waals surface area contributed by atoms with Crippen molar-refractivity contribution in [3.63, 3.8) is 0 Å². The van der Waals surface area contributed by atoms with E-state index < -0.39 is 26.0 Å². The Kier molecular flexibility index (Phi) is 4.01. The van der Waals surface area contributed by atoms with Crippen molar-refractivity contribution >= 4 is 20.9 Å². The molecule has 84 valence electrons. The Labute approximate surface area is 91.5 Å². The number of hydrogen-bond donors (Lipinski definition) is 1. The summed E-state index contributed by atoms with van der Waals surface area (Å²) < 4.78 is 42.0. The van der Waals surface area contributed by atoms with Crippen LogP contribution in [-0.4, -0.2) is 22.3 Å². The van der Waals surface area contributed by atoms with Crippen LogP contribution in [0.15, 0.2) is 29.2 Å². The Hall–Kier alpha value is -0.720. The zero-order valence-electron chi connectivity index (χ0n) is 8.21. The molecule has 1 aromatic rings. The molecule has 1 N–H and O–H groups in total. The third-order valence-electron chi connectivity index (χ3n) is 1.95. The van der Waals surface area contributed by atoms with E-state index in [4.69, 9.17) is 4.55 Å². The first-order valence-electron chi connectivity index (χ1n) is 4.35. The van der Waals surface area contributed by atoms with Crippen molar-refractivity contribution in [1.29, 1.82) is 0 Å². The van der Waals surface area contributed by atoms with E-state index in [9.17, 15) is 12.6 Å². The maximum atomic E-state index is 11.5. The maximum absolute atomic E-state index is 11.5. The summed E-state index contributed by atoms with van der Waals surface area (Å²) in [5, 5.41) is -0.752. The van der Waals surface area contributed by atoms with Gasteiger partial charge in [0.1, 0.15) is 0 Å². The molecule has 1 rings (SSSR count). The first-order chi connectivity index (χ1) is 6.95. The summed E-state index contributed by atoms with van der Waals surface area (Å²) in [6, 6.07) is 6.32. The molecule has 0 aliphatic carbocycles. The van der Waals surface area contributed by atoms with Crippen LogP contribution >= 0.6 is 0 Å². The average Bonchev–Trinajstić information content (AvgIpc) is 2.16. The van der Waals surface area contributed by atoms with Crippen molar-refractivity contribution in [1.82, 2.24) is 0 Å². The second kappa shape index (κ2) is 4.87. The van der Waals surface area contributed by atoms with Gasteiger partial charge in [-0.15, -0.1) is 0 Å². The number of hydrogen-bond acceptors (Lipinski definition) is 3. The highest BCUT2D eigenvalue weighted by Crippen LogP contribution is 2.13. The van der Waals surface area contributed by atoms with E-state index in [1.54, 1.807) is 12.1 Å². The molecule has 0 aliphatic rings. The van der Waals surface area contributed by atoms with Gasteiger partial charge in [0.2, 0.25) is 0 Å². The second-order valence-electron chi connectivity index (χ2n) is 3.05. The largest absolute Gasteiger partial charge is 0.305 e. The van der Waals surface area contributed by atoms with Crippen LogP contribution in [0.4, 0.5) is 0 Å². The predicted octanol–water partition coefficient (Wildman–Crippen LogP) is 1.20. The van der Waals surface area contributed by atoms with Crippen LogP contribution < -0.4 is 0 Å². The zero-order chi connectivity index (χ0) is 11.5. The van der Waals surface area contributed by atoms with Gasteiger partial charge in [-0.1, -0.05) is 19.1 Å². The summed E-state index contributed by atoms with van der Waals surface area (Å²) in [6.07, 6.45) is 0.826. The number of rotatable bonds is 4. The molecule has 1 aromatic carbocycles. The van der Waals surface area contributed by atoms with Gasteiger partial charge < -0.3 is 4.55 Å². The molecule has 0 fully saturated rings. The van der Waals surface area contributed by atoms with E-state index >= 15 is 0 Å². The van der Waals surface area contributed by atoms with E-state index in [0.29, 0.717) is 0 Å². The lowest BCUT2D eigenvalue weighted by molar-refractivity contribution is 0.565. The van der Waals surface area contributed by atoms with E-state index in [0.717, 1.165) is 12.0 Å². The molecule has 0 aliphatic heterocycles. The molecule has 15 heavy (non-hydrogen) atoms. The zero-order valence-corrected chi connectivity index (χ0v) is 9.85. The molecule has 1 unspecified atom stereocenters. The van der Waals surface area contributed by atoms with E-state index in [1.165, 1.54) is 12.1 Å². The summed E-state index contributed by atoms with van der Waals surface area (Å²) in [4.78, 5) is 0.0853. The quantitative estimate of drug-likeness (QED) is 0.813. The van der Waals surface area contributed by atoms with Crippen molar-refractivity contribution in [2.75, 3.05) is 5.08 Å². The van der Waals surface area contributed by atoms with Gasteiger partial charge in [-0.05, 0) is 24.1 Å². The highest BCUT2D eigenvalue weighted by molar-refractivity contribution is 8.03. The van der Waals surface area contributed by atoms with Crippen LogP contribution in [0, 0.1) is 0 Å². The summed E-state index contributed by atoms with van der Waals surface area (Å²) in [6.45, 7) is 1.96. The Balaban J connectivity index is 3.01. The van der Waals surface area contributed by atoms with Gasteiger partial charge in [0, 0.05) is 0 Å². The fraction of sp³-hybridized carbons (Fsp3) is 0.333. The van der Waals surface area contributed by atoms with E-state index in [1.807, 2.05) is 6.92 Å². The van der Waals surface area contributed by atoms with Crippen LogP contribution in [0.25, 0.3) is 0 Å². The van der Waals surface area contributed by atoms with Crippen LogP contribution in [0.1, 0.15) is 12.5 Å². The van der Waals surface area contributed by atoms with Gasteiger partial charge in [-0.25, -0.2) is 12.6 Å². The van der Waals surface area contributed by atoms with Crippen LogP contribution in [-0.2, 0) is 27.3 Å². The van der Waals surface area contributed by atoms with Crippen LogP contribution in [0.3, 0.4) is 0 Å². The minimum atomic E-state index is -3.63. The molecule has 6 heteroatoms. The fourth-order valence-electron chi connectivity index (χ4n) is 1.13. The monoisotopic (exact) mass is 248 g/mol. The first-order valence-corrected chi connectivity index (χ1v) is 7.27. The van der Waals surface area contributed by atoms with Crippen molar-refractivity contribution < 1.29 is 17.2 Å². The van der Waals surface area contributed by atoms with Crippen molar-refractivity contribution in [2.45, 2.75) is 18.2 Å². The SMILES string of the molecule is CCc1ccc(S(=O)(=O)CS(=O)O)cc1. The standard InChI is InChI=1S/C9H12O4S2/c1-2-8-3-5-9(6-4-8)15(12,13)7-14(10)11/h3-6H,2,7H2,1H3,(H,10,11). The Morgan fingerprint density at radius 2 is 1.80 bits per heavy atom. The molecule has 1 atom stereocenters. The number of aryl methyl sites for hydroxylation is 1. The van der Waals surface area contributed by atoms with Crippen LogP contribution in [0.5, 0.6) is 0 Å². The minimum absolute atomic E-state index is 0.0853. The smallest absolute Gasteiger partial charge is 0.192 e. The molecule has 0 bridgehead atoms. The van der Waals surface area contributed by atoms with Crippen molar-refractivity contribution in [2.24, 2.45) is 0 Å². The lowest BCUT2D eigenvalue weighted by Gasteiger charge is -2.02. The summed E-state index contributed by atoms with van der Waals surface area (Å²) in [7, 11) is -3.63. The highest BCUT2D eigenvalue weighted by Gasteiger charge is 2.16. The summed E-state index contributed by atoms with van der Waals surface area (Å²) in [5.74, 6) is 0. The molecule has 0 heterocycles. The van der Waals surface area contributed by atoms with Gasteiger partial charge in [0.05, 0.1) is 4.90 Å². The van der Waals surface area contributed by atoms with Gasteiger partial charge in [-0.3, -0.25) is 0 Å². The Morgan fingerprint density at radius 3 is 2.20 bits per heavy atom. The third-order valence-corrected chi connectivity index (χ3v) is 4.98. The molecular weight excluding hydrogens is 236 g/mol. The average molecular weight is 248 g/mol. The molecule has 0 saturated heterocycles. The lowest BCUT2D eigenvalue weighted by atomic mass is 10.2. The summed E-state index contributed by atoms with van der Waals surface area (Å²) in [5.41, 5.74) is 1.03. The van der Waals surface area contributed by atoms with Crippen LogP contribution in [0.2, 0.25) is 0 Å². The topological polar surface area (TPSA) is 71.4 Å². The molecule has 0 spiro atoms. The summed E-state index contributed by atoms with van der Waals surface area (Å²) >= 11 is -2.33. The lowest BCUT2D eigenvalue weighted by Crippen LogP contribution is -2.10. The Morgan fingerprint density at radius 1 is 1.27 bits per heavy atom. The molecule has 0 saturated carbocycles. The molecule has 0 aromatic heterocycles. The predicted molar refractivity (Wildman–Crippen MR) is 58.6 cm³/mol.